The largest absolute Gasteiger partial charge is 0.445 e. The molecule has 0 fully saturated rings. The van der Waals surface area contributed by atoms with Gasteiger partial charge in [0, 0.05) is 23.9 Å². The number of esters is 1. The number of rotatable bonds is 8. The first kappa shape index (κ1) is 24.7. The zero-order valence-corrected chi connectivity index (χ0v) is 20.2. The molecule has 1 atom stereocenters. The highest BCUT2D eigenvalue weighted by Crippen LogP contribution is 2.28. The van der Waals surface area contributed by atoms with Crippen molar-refractivity contribution in [2.75, 3.05) is 0 Å². The van der Waals surface area contributed by atoms with Gasteiger partial charge in [0.25, 0.3) is 0 Å². The van der Waals surface area contributed by atoms with Crippen LogP contribution >= 0.6 is 0 Å². The molecule has 184 valence electrons. The van der Waals surface area contributed by atoms with E-state index in [2.05, 4.69) is 5.32 Å². The van der Waals surface area contributed by atoms with Crippen LogP contribution in [0, 0.1) is 6.92 Å². The standard InChI is InChI=1S/C29H27NO6/c1-3-22-16-23-19(2)14-27(31)35-26(23)17-25(22)36-28(32)24(15-20-10-6-4-7-11-20)30-29(33)34-18-21-12-8-5-9-13-21/h4-14,16-17,24H,3,15,18H2,1-2H3,(H,30,33). The van der Waals surface area contributed by atoms with Crippen LogP contribution in [0.5, 0.6) is 5.75 Å². The summed E-state index contributed by atoms with van der Waals surface area (Å²) in [5, 5.41) is 3.41. The van der Waals surface area contributed by atoms with Crippen molar-refractivity contribution in [1.29, 1.82) is 0 Å². The Morgan fingerprint density at radius 3 is 2.28 bits per heavy atom. The van der Waals surface area contributed by atoms with Crippen molar-refractivity contribution in [3.8, 4) is 5.75 Å². The number of benzene rings is 3. The molecule has 1 aromatic heterocycles. The van der Waals surface area contributed by atoms with Crippen LogP contribution in [0.3, 0.4) is 0 Å². The normalized spacial score (nSPS) is 11.6. The predicted molar refractivity (Wildman–Crippen MR) is 136 cm³/mol. The van der Waals surface area contributed by atoms with Gasteiger partial charge in [-0.15, -0.1) is 0 Å². The molecule has 1 heterocycles. The summed E-state index contributed by atoms with van der Waals surface area (Å²) in [5.41, 5.74) is 3.08. The minimum Gasteiger partial charge on any atom is -0.445 e. The molecular weight excluding hydrogens is 458 g/mol. The van der Waals surface area contributed by atoms with Gasteiger partial charge in [0.1, 0.15) is 24.0 Å². The number of fused-ring (bicyclic) bond motifs is 1. The maximum atomic E-state index is 13.3. The first-order valence-corrected chi connectivity index (χ1v) is 11.7. The molecule has 0 aliphatic carbocycles. The van der Waals surface area contributed by atoms with Gasteiger partial charge in [-0.25, -0.2) is 14.4 Å². The molecule has 36 heavy (non-hydrogen) atoms. The van der Waals surface area contributed by atoms with Crippen molar-refractivity contribution >= 4 is 23.0 Å². The van der Waals surface area contributed by atoms with Gasteiger partial charge in [-0.3, -0.25) is 0 Å². The molecular formula is C29H27NO6. The Hall–Kier alpha value is -4.39. The summed E-state index contributed by atoms with van der Waals surface area (Å²) < 4.78 is 16.4. The second-order valence-corrected chi connectivity index (χ2v) is 8.43. The SMILES string of the molecule is CCc1cc2c(C)cc(=O)oc2cc1OC(=O)C(Cc1ccccc1)NC(=O)OCc1ccccc1. The van der Waals surface area contributed by atoms with E-state index in [-0.39, 0.29) is 18.8 Å². The zero-order valence-electron chi connectivity index (χ0n) is 20.2. The molecule has 7 heteroatoms. The second kappa shape index (κ2) is 11.4. The van der Waals surface area contributed by atoms with Crippen LogP contribution in [0.1, 0.15) is 29.2 Å². The van der Waals surface area contributed by atoms with Crippen molar-refractivity contribution in [3.63, 3.8) is 0 Å². The molecule has 1 amide bonds. The Morgan fingerprint density at radius 1 is 0.944 bits per heavy atom. The minimum atomic E-state index is -0.999. The van der Waals surface area contributed by atoms with Gasteiger partial charge in [-0.05, 0) is 41.7 Å². The fourth-order valence-electron chi connectivity index (χ4n) is 3.89. The number of carbonyl (C=O) groups excluding carboxylic acids is 2. The van der Waals surface area contributed by atoms with Gasteiger partial charge < -0.3 is 19.2 Å². The molecule has 1 N–H and O–H groups in total. The number of carbonyl (C=O) groups is 2. The summed E-state index contributed by atoms with van der Waals surface area (Å²) in [6.07, 6.45) is 0.0729. The summed E-state index contributed by atoms with van der Waals surface area (Å²) in [6, 6.07) is 22.4. The average molecular weight is 486 g/mol. The highest BCUT2D eigenvalue weighted by atomic mass is 16.6. The maximum Gasteiger partial charge on any atom is 0.408 e. The Kier molecular flexibility index (Phi) is 7.80. The van der Waals surface area contributed by atoms with Crippen LogP contribution < -0.4 is 15.7 Å². The fourth-order valence-corrected chi connectivity index (χ4v) is 3.89. The first-order valence-electron chi connectivity index (χ1n) is 11.7. The molecule has 0 radical (unpaired) electrons. The van der Waals surface area contributed by atoms with Crippen molar-refractivity contribution in [2.24, 2.45) is 0 Å². The lowest BCUT2D eigenvalue weighted by Crippen LogP contribution is -2.44. The molecule has 0 bridgehead atoms. The molecule has 0 spiro atoms. The highest BCUT2D eigenvalue weighted by Gasteiger charge is 2.25. The van der Waals surface area contributed by atoms with E-state index in [1.54, 1.807) is 6.07 Å². The van der Waals surface area contributed by atoms with E-state index in [1.807, 2.05) is 80.6 Å². The molecule has 3 aromatic carbocycles. The summed E-state index contributed by atoms with van der Waals surface area (Å²) in [4.78, 5) is 37.7. The van der Waals surface area contributed by atoms with E-state index in [0.29, 0.717) is 12.0 Å². The molecule has 4 rings (SSSR count). The molecule has 1 unspecified atom stereocenters. The first-order chi connectivity index (χ1) is 17.4. The van der Waals surface area contributed by atoms with E-state index < -0.39 is 23.7 Å². The summed E-state index contributed by atoms with van der Waals surface area (Å²) >= 11 is 0. The molecule has 4 aromatic rings. The third-order valence-electron chi connectivity index (χ3n) is 5.80. The number of nitrogens with one attached hydrogen (secondary N) is 1. The topological polar surface area (TPSA) is 94.8 Å². The predicted octanol–water partition coefficient (Wildman–Crippen LogP) is 5.11. The number of ether oxygens (including phenoxy) is 2. The van der Waals surface area contributed by atoms with Gasteiger partial charge in [0.2, 0.25) is 0 Å². The summed E-state index contributed by atoms with van der Waals surface area (Å²) in [6.45, 7) is 3.83. The summed E-state index contributed by atoms with van der Waals surface area (Å²) in [5.74, 6) is -0.374. The van der Waals surface area contributed by atoms with E-state index in [0.717, 1.165) is 27.6 Å². The van der Waals surface area contributed by atoms with Crippen LogP contribution in [0.4, 0.5) is 4.79 Å². The Labute approximate surface area is 208 Å². The van der Waals surface area contributed by atoms with Gasteiger partial charge in [-0.2, -0.15) is 0 Å². The van der Waals surface area contributed by atoms with Gasteiger partial charge >= 0.3 is 17.7 Å². The van der Waals surface area contributed by atoms with Crippen molar-refractivity contribution < 1.29 is 23.5 Å². The lowest BCUT2D eigenvalue weighted by Gasteiger charge is -2.19. The van der Waals surface area contributed by atoms with E-state index in [4.69, 9.17) is 13.9 Å². The second-order valence-electron chi connectivity index (χ2n) is 8.43. The highest BCUT2D eigenvalue weighted by molar-refractivity contribution is 5.86. The fraction of sp³-hybridized carbons (Fsp3) is 0.207. The molecule has 0 aliphatic rings. The van der Waals surface area contributed by atoms with Crippen LogP contribution in [0.2, 0.25) is 0 Å². The van der Waals surface area contributed by atoms with Gasteiger partial charge in [0.05, 0.1) is 0 Å². The third kappa shape index (κ3) is 6.18. The lowest BCUT2D eigenvalue weighted by molar-refractivity contribution is -0.136. The Morgan fingerprint density at radius 2 is 1.61 bits per heavy atom. The van der Waals surface area contributed by atoms with Gasteiger partial charge in [-0.1, -0.05) is 67.6 Å². The van der Waals surface area contributed by atoms with E-state index in [1.165, 1.54) is 6.07 Å². The molecule has 0 saturated carbocycles. The van der Waals surface area contributed by atoms with Crippen molar-refractivity contribution in [1.82, 2.24) is 5.32 Å². The quantitative estimate of drug-likeness (QED) is 0.212. The smallest absolute Gasteiger partial charge is 0.408 e. The number of hydrogen-bond donors (Lipinski definition) is 1. The zero-order chi connectivity index (χ0) is 25.5. The monoisotopic (exact) mass is 485 g/mol. The molecule has 0 saturated heterocycles. The van der Waals surface area contributed by atoms with Crippen LogP contribution in [-0.2, 0) is 29.0 Å². The van der Waals surface area contributed by atoms with Crippen molar-refractivity contribution in [2.45, 2.75) is 39.3 Å². The molecule has 7 nitrogen and oxygen atoms in total. The van der Waals surface area contributed by atoms with Crippen LogP contribution in [0.15, 0.2) is 88.1 Å². The van der Waals surface area contributed by atoms with Crippen LogP contribution in [0.25, 0.3) is 11.0 Å². The maximum absolute atomic E-state index is 13.3. The minimum absolute atomic E-state index is 0.0722. The lowest BCUT2D eigenvalue weighted by atomic mass is 10.0. The number of aryl methyl sites for hydroxylation is 2. The van der Waals surface area contributed by atoms with Gasteiger partial charge in [0.15, 0.2) is 0 Å². The number of alkyl carbamates (subject to hydrolysis) is 1. The van der Waals surface area contributed by atoms with Crippen molar-refractivity contribution in [3.05, 3.63) is 112 Å². The third-order valence-corrected chi connectivity index (χ3v) is 5.80. The Bertz CT molecular complexity index is 1410. The Balaban J connectivity index is 1.56. The van der Waals surface area contributed by atoms with Crippen LogP contribution in [-0.4, -0.2) is 18.1 Å². The summed E-state index contributed by atoms with van der Waals surface area (Å²) in [7, 11) is 0. The number of hydrogen-bond acceptors (Lipinski definition) is 6. The average Bonchev–Trinajstić information content (AvgIpc) is 2.88. The van der Waals surface area contributed by atoms with E-state index in [9.17, 15) is 14.4 Å². The van der Waals surface area contributed by atoms with E-state index >= 15 is 0 Å². The molecule has 0 aliphatic heterocycles. The number of amides is 1.